The molecule has 0 saturated heterocycles. The highest BCUT2D eigenvalue weighted by atomic mass is 35.5. The minimum atomic E-state index is -4.14. The van der Waals surface area contributed by atoms with Crippen LogP contribution in [0.4, 0.5) is 5.82 Å². The van der Waals surface area contributed by atoms with Crippen LogP contribution in [0.3, 0.4) is 0 Å². The molecule has 0 aliphatic rings. The van der Waals surface area contributed by atoms with Gasteiger partial charge in [0.05, 0.1) is 19.1 Å². The Morgan fingerprint density at radius 2 is 1.68 bits per heavy atom. The Kier molecular flexibility index (Phi) is 5.93. The first kappa shape index (κ1) is 20.2. The van der Waals surface area contributed by atoms with Gasteiger partial charge in [-0.1, -0.05) is 23.7 Å². The van der Waals surface area contributed by atoms with Crippen molar-refractivity contribution in [2.75, 3.05) is 18.0 Å². The number of halogens is 2. The predicted octanol–water partition coefficient (Wildman–Crippen LogP) is 4.16. The Bertz CT molecular complexity index is 1090. The third-order valence-corrected chi connectivity index (χ3v) is 6.28. The van der Waals surface area contributed by atoms with Crippen molar-refractivity contribution in [2.24, 2.45) is 0 Å². The number of benzene rings is 2. The second-order valence-corrected chi connectivity index (χ2v) is 8.27. The maximum atomic E-state index is 13.1. The van der Waals surface area contributed by atoms with Crippen LogP contribution in [-0.2, 0) is 10.0 Å². The molecular formula is C18H15Cl2N3O4S. The summed E-state index contributed by atoms with van der Waals surface area (Å²) in [5.74, 6) is 0.662. The second-order valence-electron chi connectivity index (χ2n) is 5.50. The van der Waals surface area contributed by atoms with Gasteiger partial charge in [0.1, 0.15) is 6.33 Å². The predicted molar refractivity (Wildman–Crippen MR) is 108 cm³/mol. The van der Waals surface area contributed by atoms with E-state index in [0.29, 0.717) is 25.7 Å². The standard InChI is InChI=1S/C18H15Cl2N3O4S/c1-26-16-8-7-14(9-17(16)27-2)28(24,25)23(20)18-15(10-21-11-22-18)12-3-5-13(19)6-4-12/h3-11H,1-2H3. The molecule has 3 rings (SSSR count). The Balaban J connectivity index is 2.07. The molecule has 0 atom stereocenters. The lowest BCUT2D eigenvalue weighted by Gasteiger charge is -2.18. The van der Waals surface area contributed by atoms with Crippen LogP contribution in [0, 0.1) is 0 Å². The van der Waals surface area contributed by atoms with Gasteiger partial charge in [-0.15, -0.1) is 0 Å². The first-order valence-electron chi connectivity index (χ1n) is 7.87. The van der Waals surface area contributed by atoms with Gasteiger partial charge in [0.25, 0.3) is 10.0 Å². The van der Waals surface area contributed by atoms with Crippen molar-refractivity contribution in [3.8, 4) is 22.6 Å². The number of sulfonamides is 1. The molecule has 0 saturated carbocycles. The fourth-order valence-corrected chi connectivity index (χ4v) is 4.03. The lowest BCUT2D eigenvalue weighted by Crippen LogP contribution is -2.23. The maximum absolute atomic E-state index is 13.1. The first-order valence-corrected chi connectivity index (χ1v) is 10.0. The van der Waals surface area contributed by atoms with Crippen molar-refractivity contribution in [2.45, 2.75) is 4.90 Å². The van der Waals surface area contributed by atoms with Gasteiger partial charge in [-0.3, -0.25) is 0 Å². The molecule has 0 spiro atoms. The molecule has 146 valence electrons. The zero-order valence-corrected chi connectivity index (χ0v) is 17.2. The molecule has 2 aromatic carbocycles. The summed E-state index contributed by atoms with van der Waals surface area (Å²) in [6, 6.07) is 11.0. The lowest BCUT2D eigenvalue weighted by molar-refractivity contribution is 0.354. The SMILES string of the molecule is COc1ccc(S(=O)(=O)N(Cl)c2ncncc2-c2ccc(Cl)cc2)cc1OC. The molecule has 28 heavy (non-hydrogen) atoms. The van der Waals surface area contributed by atoms with Crippen LogP contribution in [0.5, 0.6) is 11.5 Å². The minimum Gasteiger partial charge on any atom is -0.493 e. The number of hydrogen-bond acceptors (Lipinski definition) is 6. The van der Waals surface area contributed by atoms with E-state index in [9.17, 15) is 8.42 Å². The van der Waals surface area contributed by atoms with Gasteiger partial charge < -0.3 is 9.47 Å². The molecule has 3 aromatic rings. The lowest BCUT2D eigenvalue weighted by atomic mass is 10.1. The third kappa shape index (κ3) is 3.84. The van der Waals surface area contributed by atoms with E-state index in [1.54, 1.807) is 24.3 Å². The number of anilines is 1. The summed E-state index contributed by atoms with van der Waals surface area (Å²) in [4.78, 5) is 7.95. The quantitative estimate of drug-likeness (QED) is 0.536. The molecule has 0 fully saturated rings. The van der Waals surface area contributed by atoms with Crippen LogP contribution in [0.2, 0.25) is 5.02 Å². The number of hydrogen-bond donors (Lipinski definition) is 0. The summed E-state index contributed by atoms with van der Waals surface area (Å²) in [6.45, 7) is 0. The van der Waals surface area contributed by atoms with E-state index < -0.39 is 10.0 Å². The summed E-state index contributed by atoms with van der Waals surface area (Å²) < 4.78 is 37.0. The van der Waals surface area contributed by atoms with E-state index >= 15 is 0 Å². The van der Waals surface area contributed by atoms with E-state index in [1.165, 1.54) is 44.9 Å². The van der Waals surface area contributed by atoms with Crippen LogP contribution in [-0.4, -0.2) is 32.6 Å². The summed E-state index contributed by atoms with van der Waals surface area (Å²) >= 11 is 12.2. The third-order valence-electron chi connectivity index (χ3n) is 3.88. The maximum Gasteiger partial charge on any atom is 0.279 e. The monoisotopic (exact) mass is 439 g/mol. The number of ether oxygens (including phenoxy) is 2. The molecular weight excluding hydrogens is 425 g/mol. The highest BCUT2D eigenvalue weighted by Crippen LogP contribution is 2.36. The Morgan fingerprint density at radius 1 is 1.00 bits per heavy atom. The average Bonchev–Trinajstić information content (AvgIpc) is 2.73. The van der Waals surface area contributed by atoms with Gasteiger partial charge >= 0.3 is 0 Å². The summed E-state index contributed by atoms with van der Waals surface area (Å²) in [7, 11) is -1.27. The molecule has 0 N–H and O–H groups in total. The van der Waals surface area contributed by atoms with Crippen molar-refractivity contribution >= 4 is 39.2 Å². The topological polar surface area (TPSA) is 81.6 Å². The normalized spacial score (nSPS) is 11.1. The Hall–Kier alpha value is -2.55. The highest BCUT2D eigenvalue weighted by molar-refractivity contribution is 7.94. The minimum absolute atomic E-state index is 0.00812. The number of rotatable bonds is 6. The van der Waals surface area contributed by atoms with E-state index in [1.807, 2.05) is 0 Å². The Labute approximate surface area is 172 Å². The number of methoxy groups -OCH3 is 2. The largest absolute Gasteiger partial charge is 0.493 e. The van der Waals surface area contributed by atoms with Gasteiger partial charge in [0.2, 0.25) is 0 Å². The van der Waals surface area contributed by atoms with Crippen molar-refractivity contribution in [3.63, 3.8) is 0 Å². The van der Waals surface area contributed by atoms with Gasteiger partial charge in [0.15, 0.2) is 17.3 Å². The van der Waals surface area contributed by atoms with Crippen molar-refractivity contribution in [3.05, 3.63) is 60.0 Å². The highest BCUT2D eigenvalue weighted by Gasteiger charge is 2.28. The summed E-state index contributed by atoms with van der Waals surface area (Å²) in [5.41, 5.74) is 1.09. The van der Waals surface area contributed by atoms with E-state index in [2.05, 4.69) is 9.97 Å². The van der Waals surface area contributed by atoms with Gasteiger partial charge in [-0.05, 0) is 29.8 Å². The molecule has 0 radical (unpaired) electrons. The first-order chi connectivity index (χ1) is 13.4. The second kappa shape index (κ2) is 8.22. The van der Waals surface area contributed by atoms with Gasteiger partial charge in [-0.25, -0.2) is 9.97 Å². The number of aromatic nitrogens is 2. The van der Waals surface area contributed by atoms with Crippen molar-refractivity contribution in [1.82, 2.24) is 9.97 Å². The molecule has 10 heteroatoms. The molecule has 0 unspecified atom stereocenters. The molecule has 0 aliphatic heterocycles. The molecule has 0 amide bonds. The average molecular weight is 440 g/mol. The van der Waals surface area contributed by atoms with Crippen LogP contribution < -0.4 is 13.3 Å². The summed E-state index contributed by atoms with van der Waals surface area (Å²) in [5, 5.41) is 0.544. The number of nitrogens with zero attached hydrogens (tertiary/aromatic N) is 3. The van der Waals surface area contributed by atoms with Gasteiger partial charge in [0, 0.05) is 34.6 Å². The van der Waals surface area contributed by atoms with Crippen LogP contribution in [0.1, 0.15) is 0 Å². The van der Waals surface area contributed by atoms with E-state index in [4.69, 9.17) is 32.9 Å². The van der Waals surface area contributed by atoms with Crippen molar-refractivity contribution in [1.29, 1.82) is 0 Å². The van der Waals surface area contributed by atoms with Crippen LogP contribution in [0.25, 0.3) is 11.1 Å². The smallest absolute Gasteiger partial charge is 0.279 e. The fourth-order valence-electron chi connectivity index (χ4n) is 2.48. The van der Waals surface area contributed by atoms with Crippen molar-refractivity contribution < 1.29 is 17.9 Å². The Morgan fingerprint density at radius 3 is 2.32 bits per heavy atom. The van der Waals surface area contributed by atoms with Crippen LogP contribution in [0.15, 0.2) is 59.9 Å². The van der Waals surface area contributed by atoms with E-state index in [-0.39, 0.29) is 16.5 Å². The molecule has 0 bridgehead atoms. The van der Waals surface area contributed by atoms with Crippen LogP contribution >= 0.6 is 23.4 Å². The van der Waals surface area contributed by atoms with Gasteiger partial charge in [-0.2, -0.15) is 12.2 Å². The summed E-state index contributed by atoms with van der Waals surface area (Å²) in [6.07, 6.45) is 2.69. The molecule has 1 heterocycles. The van der Waals surface area contributed by atoms with E-state index in [0.717, 1.165) is 0 Å². The molecule has 0 aliphatic carbocycles. The zero-order valence-electron chi connectivity index (χ0n) is 14.8. The molecule has 1 aromatic heterocycles. The molecule has 7 nitrogen and oxygen atoms in total. The zero-order chi connectivity index (χ0) is 20.3. The fraction of sp³-hybridized carbons (Fsp3) is 0.111.